The van der Waals surface area contributed by atoms with Crippen LogP contribution in [0.4, 0.5) is 0 Å². The summed E-state index contributed by atoms with van der Waals surface area (Å²) in [6.07, 6.45) is 4.30. The van der Waals surface area contributed by atoms with Gasteiger partial charge in [0.05, 0.1) is 6.61 Å². The molecule has 0 aromatic carbocycles. The molecule has 1 unspecified atom stereocenters. The Kier molecular flexibility index (Phi) is 6.99. The molecule has 0 radical (unpaired) electrons. The monoisotopic (exact) mass is 305 g/mol. The number of unbranched alkanes of at least 4 members (excludes halogenated alkanes) is 1. The molecule has 0 spiro atoms. The van der Waals surface area contributed by atoms with Gasteiger partial charge in [-0.15, -0.1) is 11.3 Å². The maximum atomic E-state index is 12.1. The van der Waals surface area contributed by atoms with Crippen LogP contribution in [0.3, 0.4) is 0 Å². The van der Waals surface area contributed by atoms with Gasteiger partial charge in [-0.3, -0.25) is 0 Å². The van der Waals surface area contributed by atoms with E-state index in [9.17, 15) is 8.42 Å². The molecule has 19 heavy (non-hydrogen) atoms. The summed E-state index contributed by atoms with van der Waals surface area (Å²) in [5.41, 5.74) is 0.642. The fourth-order valence-corrected chi connectivity index (χ4v) is 4.18. The molecular weight excluding hydrogens is 282 g/mol. The fraction of sp³-hybridized carbons (Fsp3) is 0.692. The van der Waals surface area contributed by atoms with Crippen LogP contribution in [0.2, 0.25) is 0 Å². The maximum Gasteiger partial charge on any atom is 0.250 e. The first kappa shape index (κ1) is 16.6. The molecule has 0 aliphatic heterocycles. The van der Waals surface area contributed by atoms with Gasteiger partial charge < -0.3 is 5.11 Å². The summed E-state index contributed by atoms with van der Waals surface area (Å²) in [6, 6.07) is 1.53. The summed E-state index contributed by atoms with van der Waals surface area (Å²) in [6.45, 7) is 4.59. The van der Waals surface area contributed by atoms with Crippen molar-refractivity contribution in [3.63, 3.8) is 0 Å². The molecule has 0 amide bonds. The summed E-state index contributed by atoms with van der Waals surface area (Å²) in [7, 11) is -3.42. The lowest BCUT2D eigenvalue weighted by Gasteiger charge is -2.14. The van der Waals surface area contributed by atoms with Gasteiger partial charge in [-0.2, -0.15) is 0 Å². The largest absolute Gasteiger partial charge is 0.392 e. The number of nitrogens with one attached hydrogen (secondary N) is 1. The zero-order valence-corrected chi connectivity index (χ0v) is 13.2. The van der Waals surface area contributed by atoms with Gasteiger partial charge in [-0.05, 0) is 29.3 Å². The van der Waals surface area contributed by atoms with E-state index in [4.69, 9.17) is 5.11 Å². The Bertz CT molecular complexity index is 468. The van der Waals surface area contributed by atoms with E-state index in [-0.39, 0.29) is 10.8 Å². The van der Waals surface area contributed by atoms with E-state index in [2.05, 4.69) is 18.6 Å². The quantitative estimate of drug-likeness (QED) is 0.737. The van der Waals surface area contributed by atoms with Crippen molar-refractivity contribution in [2.24, 2.45) is 5.92 Å². The predicted octanol–water partition coefficient (Wildman–Crippen LogP) is 2.74. The number of thiophene rings is 1. The second-order valence-electron chi connectivity index (χ2n) is 4.70. The third-order valence-corrected chi connectivity index (χ3v) is 6.09. The molecule has 1 heterocycles. The summed E-state index contributed by atoms with van der Waals surface area (Å²) in [4.78, 5) is 0. The Labute approximate surface area is 119 Å². The van der Waals surface area contributed by atoms with Crippen molar-refractivity contribution in [2.75, 3.05) is 6.54 Å². The highest BCUT2D eigenvalue weighted by Crippen LogP contribution is 2.20. The van der Waals surface area contributed by atoms with Crippen molar-refractivity contribution in [1.29, 1.82) is 0 Å². The zero-order valence-electron chi connectivity index (χ0n) is 11.6. The summed E-state index contributed by atoms with van der Waals surface area (Å²) in [5, 5.41) is 10.6. The first-order chi connectivity index (χ1) is 9.03. The summed E-state index contributed by atoms with van der Waals surface area (Å²) < 4.78 is 27.1. The normalized spacial score (nSPS) is 13.6. The van der Waals surface area contributed by atoms with Crippen LogP contribution in [0.25, 0.3) is 0 Å². The van der Waals surface area contributed by atoms with Gasteiger partial charge in [0.1, 0.15) is 4.21 Å². The van der Waals surface area contributed by atoms with Gasteiger partial charge in [-0.1, -0.05) is 33.1 Å². The minimum absolute atomic E-state index is 0.125. The van der Waals surface area contributed by atoms with E-state index in [0.29, 0.717) is 18.0 Å². The van der Waals surface area contributed by atoms with Crippen LogP contribution in [-0.4, -0.2) is 20.1 Å². The van der Waals surface area contributed by atoms with Gasteiger partial charge in [0, 0.05) is 6.54 Å². The van der Waals surface area contributed by atoms with E-state index in [1.165, 1.54) is 6.07 Å². The molecule has 110 valence electrons. The lowest BCUT2D eigenvalue weighted by Crippen LogP contribution is -2.28. The van der Waals surface area contributed by atoms with Crippen molar-refractivity contribution < 1.29 is 13.5 Å². The molecule has 1 atom stereocenters. The fourth-order valence-electron chi connectivity index (χ4n) is 1.82. The number of rotatable bonds is 9. The average Bonchev–Trinajstić information content (AvgIpc) is 2.88. The van der Waals surface area contributed by atoms with E-state index >= 15 is 0 Å². The van der Waals surface area contributed by atoms with Gasteiger partial charge in [0.15, 0.2) is 0 Å². The van der Waals surface area contributed by atoms with Crippen molar-refractivity contribution in [3.8, 4) is 0 Å². The molecule has 0 aliphatic rings. The minimum atomic E-state index is -3.42. The molecule has 0 saturated heterocycles. The second-order valence-corrected chi connectivity index (χ2v) is 7.61. The van der Waals surface area contributed by atoms with Crippen molar-refractivity contribution in [1.82, 2.24) is 4.72 Å². The topological polar surface area (TPSA) is 66.4 Å². The highest BCUT2D eigenvalue weighted by atomic mass is 32.2. The molecule has 1 aromatic heterocycles. The summed E-state index contributed by atoms with van der Waals surface area (Å²) in [5.74, 6) is 0.395. The van der Waals surface area contributed by atoms with E-state index in [1.54, 1.807) is 5.38 Å². The van der Waals surface area contributed by atoms with Gasteiger partial charge in [-0.25, -0.2) is 13.1 Å². The minimum Gasteiger partial charge on any atom is -0.392 e. The van der Waals surface area contributed by atoms with Crippen molar-refractivity contribution in [3.05, 3.63) is 17.0 Å². The molecule has 1 rings (SSSR count). The third kappa shape index (κ3) is 5.22. The van der Waals surface area contributed by atoms with Gasteiger partial charge in [0.25, 0.3) is 0 Å². The standard InChI is InChI=1S/C13H23NO3S2/c1-3-5-6-11(4-2)8-14-19(16,17)13-7-12(9-15)10-18-13/h7,10-11,14-15H,3-6,8-9H2,1-2H3. The smallest absolute Gasteiger partial charge is 0.250 e. The Balaban J connectivity index is 2.59. The molecular formula is C13H23NO3S2. The Morgan fingerprint density at radius 1 is 1.42 bits per heavy atom. The Morgan fingerprint density at radius 3 is 2.68 bits per heavy atom. The molecule has 4 nitrogen and oxygen atoms in total. The van der Waals surface area contributed by atoms with Gasteiger partial charge in [0.2, 0.25) is 10.0 Å². The van der Waals surface area contributed by atoms with Crippen LogP contribution >= 0.6 is 11.3 Å². The predicted molar refractivity (Wildman–Crippen MR) is 78.7 cm³/mol. The van der Waals surface area contributed by atoms with Gasteiger partial charge >= 0.3 is 0 Å². The molecule has 0 bridgehead atoms. The van der Waals surface area contributed by atoms with Crippen molar-refractivity contribution in [2.45, 2.75) is 50.3 Å². The van der Waals surface area contributed by atoms with Crippen LogP contribution < -0.4 is 4.72 Å². The average molecular weight is 305 g/mol. The Morgan fingerprint density at radius 2 is 2.16 bits per heavy atom. The highest BCUT2D eigenvalue weighted by molar-refractivity contribution is 7.91. The van der Waals surface area contributed by atoms with Crippen LogP contribution in [0.5, 0.6) is 0 Å². The first-order valence-electron chi connectivity index (χ1n) is 6.71. The molecule has 0 saturated carbocycles. The molecule has 0 fully saturated rings. The van der Waals surface area contributed by atoms with Crippen LogP contribution in [-0.2, 0) is 16.6 Å². The van der Waals surface area contributed by atoms with E-state index in [0.717, 1.165) is 37.0 Å². The van der Waals surface area contributed by atoms with Crippen LogP contribution in [0.1, 0.15) is 45.1 Å². The number of hydrogen-bond donors (Lipinski definition) is 2. The number of aliphatic hydroxyl groups excluding tert-OH is 1. The van der Waals surface area contributed by atoms with E-state index in [1.807, 2.05) is 0 Å². The number of hydrogen-bond acceptors (Lipinski definition) is 4. The number of aliphatic hydroxyl groups is 1. The highest BCUT2D eigenvalue weighted by Gasteiger charge is 2.18. The lowest BCUT2D eigenvalue weighted by molar-refractivity contribution is 0.282. The molecule has 6 heteroatoms. The lowest BCUT2D eigenvalue weighted by atomic mass is 10.00. The second kappa shape index (κ2) is 7.99. The zero-order chi connectivity index (χ0) is 14.3. The molecule has 0 aliphatic carbocycles. The van der Waals surface area contributed by atoms with E-state index < -0.39 is 10.0 Å². The van der Waals surface area contributed by atoms with Crippen molar-refractivity contribution >= 4 is 21.4 Å². The van der Waals surface area contributed by atoms with Crippen LogP contribution in [0, 0.1) is 5.92 Å². The van der Waals surface area contributed by atoms with Crippen LogP contribution in [0.15, 0.2) is 15.7 Å². The maximum absolute atomic E-state index is 12.1. The SMILES string of the molecule is CCCCC(CC)CNS(=O)(=O)c1cc(CO)cs1. The Hall–Kier alpha value is -0.430. The first-order valence-corrected chi connectivity index (χ1v) is 9.07. The summed E-state index contributed by atoms with van der Waals surface area (Å²) >= 11 is 1.15. The molecule has 2 N–H and O–H groups in total. The number of sulfonamides is 1. The third-order valence-electron chi connectivity index (χ3n) is 3.18. The molecule has 1 aromatic rings.